The van der Waals surface area contributed by atoms with Gasteiger partial charge in [0.1, 0.15) is 0 Å². The highest BCUT2D eigenvalue weighted by Gasteiger charge is 2.26. The summed E-state index contributed by atoms with van der Waals surface area (Å²) >= 11 is 0. The van der Waals surface area contributed by atoms with E-state index in [0.29, 0.717) is 0 Å². The van der Waals surface area contributed by atoms with Crippen LogP contribution in [0.25, 0.3) is 0 Å². The first kappa shape index (κ1) is 15.4. The second-order valence-corrected chi connectivity index (χ2v) is 6.85. The van der Waals surface area contributed by atoms with Gasteiger partial charge in [-0.1, -0.05) is 43.9 Å². The summed E-state index contributed by atoms with van der Waals surface area (Å²) in [7, 11) is 0. The van der Waals surface area contributed by atoms with Crippen molar-refractivity contribution in [1.82, 2.24) is 5.32 Å². The lowest BCUT2D eigenvalue weighted by atomic mass is 10.1. The van der Waals surface area contributed by atoms with Gasteiger partial charge in [-0.05, 0) is 38.8 Å². The van der Waals surface area contributed by atoms with Crippen LogP contribution in [0.2, 0.25) is 0 Å². The van der Waals surface area contributed by atoms with Crippen LogP contribution < -0.4 is 10.2 Å². The van der Waals surface area contributed by atoms with Crippen LogP contribution in [0.3, 0.4) is 0 Å². The third kappa shape index (κ3) is 3.99. The van der Waals surface area contributed by atoms with Gasteiger partial charge >= 0.3 is 0 Å². The Hall–Kier alpha value is -1.02. The molecular formula is C18H30N2. The van der Waals surface area contributed by atoms with E-state index >= 15 is 0 Å². The number of unbranched alkanes of at least 4 members (excludes halogenated alkanes) is 3. The minimum atomic E-state index is 0.178. The van der Waals surface area contributed by atoms with Crippen LogP contribution in [-0.2, 0) is 6.54 Å². The van der Waals surface area contributed by atoms with Crippen molar-refractivity contribution in [3.05, 3.63) is 29.3 Å². The zero-order valence-electron chi connectivity index (χ0n) is 13.6. The van der Waals surface area contributed by atoms with Gasteiger partial charge in [0.25, 0.3) is 0 Å². The second kappa shape index (κ2) is 6.62. The van der Waals surface area contributed by atoms with E-state index in [2.05, 4.69) is 56.1 Å². The molecule has 1 aliphatic heterocycles. The van der Waals surface area contributed by atoms with Gasteiger partial charge in [-0.15, -0.1) is 0 Å². The molecule has 0 aliphatic carbocycles. The highest BCUT2D eigenvalue weighted by Crippen LogP contribution is 2.27. The number of hydrogen-bond donors (Lipinski definition) is 1. The molecule has 1 aliphatic rings. The summed E-state index contributed by atoms with van der Waals surface area (Å²) in [6.45, 7) is 12.3. The lowest BCUT2D eigenvalue weighted by Crippen LogP contribution is -2.47. The molecule has 0 atom stereocenters. The average Bonchev–Trinajstić information content (AvgIpc) is 2.52. The highest BCUT2D eigenvalue weighted by atomic mass is 15.2. The number of anilines is 1. The minimum Gasteiger partial charge on any atom is -0.369 e. The Labute approximate surface area is 124 Å². The molecule has 112 valence electrons. The van der Waals surface area contributed by atoms with Crippen molar-refractivity contribution in [2.24, 2.45) is 0 Å². The molecule has 0 bridgehead atoms. The van der Waals surface area contributed by atoms with Crippen molar-refractivity contribution in [1.29, 1.82) is 0 Å². The minimum absolute atomic E-state index is 0.178. The first-order valence-corrected chi connectivity index (χ1v) is 8.11. The molecule has 1 heterocycles. The fraction of sp³-hybridized carbons (Fsp3) is 0.667. The van der Waals surface area contributed by atoms with Crippen LogP contribution in [0.1, 0.15) is 57.6 Å². The number of rotatable bonds is 5. The average molecular weight is 274 g/mol. The highest BCUT2D eigenvalue weighted by molar-refractivity contribution is 5.56. The summed E-state index contributed by atoms with van der Waals surface area (Å²) in [4.78, 5) is 2.59. The topological polar surface area (TPSA) is 15.3 Å². The Morgan fingerprint density at radius 3 is 2.75 bits per heavy atom. The Balaban J connectivity index is 2.14. The molecular weight excluding hydrogens is 244 g/mol. The lowest BCUT2D eigenvalue weighted by Gasteiger charge is -2.32. The fourth-order valence-electron chi connectivity index (χ4n) is 3.05. The van der Waals surface area contributed by atoms with Crippen LogP contribution >= 0.6 is 0 Å². The van der Waals surface area contributed by atoms with E-state index in [1.54, 1.807) is 0 Å². The molecule has 0 spiro atoms. The van der Waals surface area contributed by atoms with Crippen LogP contribution in [0.4, 0.5) is 5.69 Å². The molecule has 0 radical (unpaired) electrons. The third-order valence-electron chi connectivity index (χ3n) is 4.20. The van der Waals surface area contributed by atoms with Gasteiger partial charge in [0, 0.05) is 30.9 Å². The van der Waals surface area contributed by atoms with Gasteiger partial charge in [0.2, 0.25) is 0 Å². The first-order chi connectivity index (χ1) is 9.52. The molecule has 20 heavy (non-hydrogen) atoms. The molecule has 2 rings (SSSR count). The van der Waals surface area contributed by atoms with Gasteiger partial charge < -0.3 is 10.2 Å². The summed E-state index contributed by atoms with van der Waals surface area (Å²) in [5.74, 6) is 0. The van der Waals surface area contributed by atoms with Crippen molar-refractivity contribution < 1.29 is 0 Å². The number of nitrogens with zero attached hydrogens (tertiary/aromatic N) is 1. The summed E-state index contributed by atoms with van der Waals surface area (Å²) < 4.78 is 0. The number of benzene rings is 1. The number of aryl methyl sites for hydroxylation is 1. The number of fused-ring (bicyclic) bond motifs is 1. The van der Waals surface area contributed by atoms with E-state index in [4.69, 9.17) is 0 Å². The van der Waals surface area contributed by atoms with E-state index < -0.39 is 0 Å². The van der Waals surface area contributed by atoms with Gasteiger partial charge in [0.05, 0.1) is 0 Å². The van der Waals surface area contributed by atoms with Gasteiger partial charge in [-0.2, -0.15) is 0 Å². The van der Waals surface area contributed by atoms with E-state index in [9.17, 15) is 0 Å². The normalized spacial score (nSPS) is 17.7. The maximum absolute atomic E-state index is 3.69. The molecule has 0 unspecified atom stereocenters. The summed E-state index contributed by atoms with van der Waals surface area (Å²) in [6, 6.07) is 6.90. The Bertz CT molecular complexity index is 437. The summed E-state index contributed by atoms with van der Waals surface area (Å²) in [5, 5.41) is 3.69. The fourth-order valence-corrected chi connectivity index (χ4v) is 3.05. The molecule has 1 aromatic rings. The zero-order valence-corrected chi connectivity index (χ0v) is 13.6. The first-order valence-electron chi connectivity index (χ1n) is 8.11. The largest absolute Gasteiger partial charge is 0.369 e. The van der Waals surface area contributed by atoms with Crippen molar-refractivity contribution in [3.63, 3.8) is 0 Å². The van der Waals surface area contributed by atoms with Gasteiger partial charge in [-0.3, -0.25) is 0 Å². The quantitative estimate of drug-likeness (QED) is 0.807. The zero-order chi connectivity index (χ0) is 14.6. The van der Waals surface area contributed by atoms with Crippen LogP contribution in [0.15, 0.2) is 18.2 Å². The van der Waals surface area contributed by atoms with Crippen molar-refractivity contribution >= 4 is 5.69 Å². The molecule has 0 saturated heterocycles. The number of hydrogen-bond acceptors (Lipinski definition) is 2. The lowest BCUT2D eigenvalue weighted by molar-refractivity contribution is 0.394. The van der Waals surface area contributed by atoms with E-state index in [1.807, 2.05) is 0 Å². The number of nitrogens with one attached hydrogen (secondary N) is 1. The van der Waals surface area contributed by atoms with Crippen molar-refractivity contribution in [2.75, 3.05) is 18.0 Å². The van der Waals surface area contributed by atoms with Gasteiger partial charge in [0.15, 0.2) is 0 Å². The maximum Gasteiger partial charge on any atom is 0.0412 e. The molecule has 2 nitrogen and oxygen atoms in total. The Morgan fingerprint density at radius 1 is 1.20 bits per heavy atom. The molecule has 0 aromatic heterocycles. The SMILES string of the molecule is CCCCCCN1CC(C)(C)NCc2cc(C)ccc21. The van der Waals surface area contributed by atoms with Crippen LogP contribution in [0.5, 0.6) is 0 Å². The predicted octanol–water partition coefficient (Wildman–Crippen LogP) is 4.26. The Kier molecular flexibility index (Phi) is 5.09. The smallest absolute Gasteiger partial charge is 0.0412 e. The monoisotopic (exact) mass is 274 g/mol. The maximum atomic E-state index is 3.69. The van der Waals surface area contributed by atoms with E-state index in [0.717, 1.165) is 13.1 Å². The standard InChI is InChI=1S/C18H30N2/c1-5-6-7-8-11-20-14-18(3,4)19-13-16-12-15(2)9-10-17(16)20/h9-10,12,19H,5-8,11,13-14H2,1-4H3. The van der Waals surface area contributed by atoms with Crippen LogP contribution in [0, 0.1) is 6.92 Å². The van der Waals surface area contributed by atoms with Crippen molar-refractivity contribution in [3.8, 4) is 0 Å². The van der Waals surface area contributed by atoms with Gasteiger partial charge in [-0.25, -0.2) is 0 Å². The van der Waals surface area contributed by atoms with Crippen LogP contribution in [-0.4, -0.2) is 18.6 Å². The Morgan fingerprint density at radius 2 is 2.00 bits per heavy atom. The van der Waals surface area contributed by atoms with E-state index in [-0.39, 0.29) is 5.54 Å². The molecule has 2 heteroatoms. The molecule has 0 amide bonds. The van der Waals surface area contributed by atoms with Crippen molar-refractivity contribution in [2.45, 2.75) is 65.5 Å². The third-order valence-corrected chi connectivity index (χ3v) is 4.20. The summed E-state index contributed by atoms with van der Waals surface area (Å²) in [5.41, 5.74) is 4.42. The molecule has 1 aromatic carbocycles. The molecule has 0 fully saturated rings. The predicted molar refractivity (Wildman–Crippen MR) is 88.5 cm³/mol. The van der Waals surface area contributed by atoms with E-state index in [1.165, 1.54) is 49.0 Å². The second-order valence-electron chi connectivity index (χ2n) is 6.85. The molecule has 1 N–H and O–H groups in total. The summed E-state index contributed by atoms with van der Waals surface area (Å²) in [6.07, 6.45) is 5.32. The molecule has 0 saturated carbocycles.